The molecule has 2 fully saturated rings. The molecule has 2 aromatic carbocycles. The van der Waals surface area contributed by atoms with Gasteiger partial charge in [0.05, 0.1) is 10.5 Å². The Morgan fingerprint density at radius 3 is 2.20 bits per heavy atom. The zero-order valence-corrected chi connectivity index (χ0v) is 29.6. The van der Waals surface area contributed by atoms with E-state index >= 15 is 0 Å². The molecule has 1 saturated heterocycles. The number of hydrogen-bond donors (Lipinski definition) is 3. The number of pyridine rings is 1. The monoisotopic (exact) mass is 732 g/mol. The highest BCUT2D eigenvalue weighted by atomic mass is 32.2. The van der Waals surface area contributed by atoms with Crippen molar-refractivity contribution in [1.82, 2.24) is 19.9 Å². The lowest BCUT2D eigenvalue weighted by molar-refractivity contribution is -0.137. The van der Waals surface area contributed by atoms with Crippen molar-refractivity contribution in [3.63, 3.8) is 0 Å². The van der Waals surface area contributed by atoms with E-state index in [1.54, 1.807) is 37.8 Å². The van der Waals surface area contributed by atoms with E-state index in [2.05, 4.69) is 20.9 Å². The number of halogens is 3. The Hall–Kier alpha value is -4.41. The van der Waals surface area contributed by atoms with Crippen LogP contribution in [0.15, 0.2) is 65.6 Å². The Kier molecular flexibility index (Phi) is 11.8. The Morgan fingerprint density at radius 1 is 0.922 bits per heavy atom. The number of rotatable bonds is 13. The average molecular weight is 733 g/mol. The van der Waals surface area contributed by atoms with E-state index in [0.29, 0.717) is 37.3 Å². The Bertz CT molecular complexity index is 1770. The molecule has 16 heteroatoms. The number of piperazine rings is 1. The fourth-order valence-electron chi connectivity index (χ4n) is 5.18. The summed E-state index contributed by atoms with van der Waals surface area (Å²) >= 11 is 0. The van der Waals surface area contributed by atoms with Crippen LogP contribution in [0.1, 0.15) is 61.5 Å². The van der Waals surface area contributed by atoms with Gasteiger partial charge in [-0.25, -0.2) is 13.2 Å². The summed E-state index contributed by atoms with van der Waals surface area (Å²) in [7, 11) is -3.90. The highest BCUT2D eigenvalue weighted by Crippen LogP contribution is 2.36. The molecule has 1 aromatic heterocycles. The summed E-state index contributed by atoms with van der Waals surface area (Å²) in [5, 5.41) is 8.77. The van der Waals surface area contributed by atoms with Crippen molar-refractivity contribution in [1.29, 1.82) is 0 Å². The molecule has 3 N–H and O–H groups in total. The number of alkyl carbamates (subject to hydrolysis) is 1. The van der Waals surface area contributed by atoms with Gasteiger partial charge in [-0.2, -0.15) is 22.5 Å². The maximum absolute atomic E-state index is 13.6. The predicted molar refractivity (Wildman–Crippen MR) is 185 cm³/mol. The molecule has 0 bridgehead atoms. The van der Waals surface area contributed by atoms with Crippen LogP contribution in [0.25, 0.3) is 0 Å². The summed E-state index contributed by atoms with van der Waals surface area (Å²) in [5.74, 6) is -0.359. The van der Waals surface area contributed by atoms with Gasteiger partial charge in [-0.05, 0) is 94.6 Å². The minimum absolute atomic E-state index is 0.0312. The molecular weight excluding hydrogens is 689 g/mol. The molecule has 51 heavy (non-hydrogen) atoms. The quantitative estimate of drug-likeness (QED) is 0.197. The van der Waals surface area contributed by atoms with E-state index in [-0.39, 0.29) is 54.8 Å². The van der Waals surface area contributed by atoms with E-state index in [9.17, 15) is 31.2 Å². The maximum Gasteiger partial charge on any atom is 0.416 e. The molecule has 1 saturated carbocycles. The lowest BCUT2D eigenvalue weighted by Crippen LogP contribution is -2.49. The summed E-state index contributed by atoms with van der Waals surface area (Å²) in [4.78, 5) is 30.5. The van der Waals surface area contributed by atoms with Crippen LogP contribution in [0.2, 0.25) is 0 Å². The van der Waals surface area contributed by atoms with Gasteiger partial charge in [0.1, 0.15) is 17.5 Å². The molecule has 3 aromatic rings. The zero-order valence-electron chi connectivity index (χ0n) is 28.8. The lowest BCUT2D eigenvalue weighted by Gasteiger charge is -2.35. The SMILES string of the molecule is CC(C)(C)OC(=O)NCCCNCc1ccc(C(=O)Nc2ccc(S(=O)(=O)N3CCN(c4cc(C(F)(F)F)cc(OC5CC5)n4)CC3)cc2)cc1. The number of nitrogens with zero attached hydrogens (tertiary/aromatic N) is 3. The third-order valence-corrected chi connectivity index (χ3v) is 9.90. The van der Waals surface area contributed by atoms with Crippen LogP contribution in [-0.4, -0.2) is 80.7 Å². The first-order valence-electron chi connectivity index (χ1n) is 16.8. The average Bonchev–Trinajstić information content (AvgIpc) is 3.89. The molecule has 0 unspecified atom stereocenters. The lowest BCUT2D eigenvalue weighted by atomic mass is 10.1. The third kappa shape index (κ3) is 11.0. The molecule has 1 aliphatic carbocycles. The summed E-state index contributed by atoms with van der Waals surface area (Å²) in [6, 6.07) is 14.7. The van der Waals surface area contributed by atoms with Gasteiger partial charge >= 0.3 is 12.3 Å². The first kappa shape index (κ1) is 37.8. The van der Waals surface area contributed by atoms with Gasteiger partial charge in [0.2, 0.25) is 15.9 Å². The van der Waals surface area contributed by atoms with Gasteiger partial charge in [-0.3, -0.25) is 4.79 Å². The molecule has 2 amide bonds. The molecule has 12 nitrogen and oxygen atoms in total. The minimum atomic E-state index is -4.58. The van der Waals surface area contributed by atoms with Crippen LogP contribution >= 0.6 is 0 Å². The number of hydrogen-bond acceptors (Lipinski definition) is 9. The van der Waals surface area contributed by atoms with Gasteiger partial charge in [-0.15, -0.1) is 0 Å². The second-order valence-corrected chi connectivity index (χ2v) is 15.3. The fourth-order valence-corrected chi connectivity index (χ4v) is 6.60. The highest BCUT2D eigenvalue weighted by molar-refractivity contribution is 7.89. The molecule has 0 atom stereocenters. The van der Waals surface area contributed by atoms with Crippen LogP contribution in [0.3, 0.4) is 0 Å². The van der Waals surface area contributed by atoms with Crippen molar-refractivity contribution in [3.05, 3.63) is 77.4 Å². The van der Waals surface area contributed by atoms with Crippen molar-refractivity contribution < 1.29 is 40.7 Å². The van der Waals surface area contributed by atoms with Crippen molar-refractivity contribution in [2.45, 2.75) is 69.4 Å². The van der Waals surface area contributed by atoms with Crippen LogP contribution < -0.4 is 25.6 Å². The number of alkyl halides is 3. The molecule has 5 rings (SSSR count). The summed E-state index contributed by atoms with van der Waals surface area (Å²) in [5.41, 5.74) is 0.402. The molecule has 1 aliphatic heterocycles. The van der Waals surface area contributed by atoms with E-state index in [4.69, 9.17) is 9.47 Å². The second kappa shape index (κ2) is 15.9. The molecule has 2 aliphatic rings. The van der Waals surface area contributed by atoms with Gasteiger partial charge < -0.3 is 30.3 Å². The molecule has 0 radical (unpaired) electrons. The first-order chi connectivity index (χ1) is 24.1. The number of anilines is 2. The van der Waals surface area contributed by atoms with Crippen molar-refractivity contribution >= 4 is 33.5 Å². The summed E-state index contributed by atoms with van der Waals surface area (Å²) in [6.45, 7) is 7.54. The third-order valence-electron chi connectivity index (χ3n) is 7.98. The summed E-state index contributed by atoms with van der Waals surface area (Å²) in [6.07, 6.45) is -2.90. The van der Waals surface area contributed by atoms with E-state index < -0.39 is 33.5 Å². The van der Waals surface area contributed by atoms with Crippen molar-refractivity contribution in [2.75, 3.05) is 49.5 Å². The van der Waals surface area contributed by atoms with Crippen LogP contribution in [0, 0.1) is 0 Å². The van der Waals surface area contributed by atoms with Crippen LogP contribution in [0.5, 0.6) is 5.88 Å². The zero-order chi connectivity index (χ0) is 36.8. The molecule has 0 spiro atoms. The van der Waals surface area contributed by atoms with E-state index in [1.807, 2.05) is 12.1 Å². The number of nitrogens with one attached hydrogen (secondary N) is 3. The molecular formula is C35H43F3N6O6S. The number of carbonyl (C=O) groups excluding carboxylic acids is 2. The fraction of sp³-hybridized carbons (Fsp3) is 0.457. The molecule has 276 valence electrons. The second-order valence-electron chi connectivity index (χ2n) is 13.4. The Labute approximate surface area is 295 Å². The Balaban J connectivity index is 1.08. The number of carbonyl (C=O) groups is 2. The first-order valence-corrected chi connectivity index (χ1v) is 18.2. The number of ether oxygens (including phenoxy) is 2. The van der Waals surface area contributed by atoms with E-state index in [0.717, 1.165) is 30.5 Å². The van der Waals surface area contributed by atoms with Crippen molar-refractivity contribution in [2.24, 2.45) is 0 Å². The standard InChI is InChI=1S/C35H43F3N6O6S/c1-34(2,3)50-33(46)40-16-4-15-39-23-24-5-7-25(8-6-24)32(45)41-27-9-13-29(14-10-27)51(47,48)44-19-17-43(18-20-44)30-21-26(35(36,37)38)22-31(42-30)49-28-11-12-28/h5-10,13-14,21-22,28,39H,4,11-12,15-20,23H2,1-3H3,(H,40,46)(H,41,45). The van der Waals surface area contributed by atoms with Crippen molar-refractivity contribution in [3.8, 4) is 5.88 Å². The maximum atomic E-state index is 13.6. The topological polar surface area (TPSA) is 142 Å². The largest absolute Gasteiger partial charge is 0.474 e. The number of amides is 2. The predicted octanol–water partition coefficient (Wildman–Crippen LogP) is 5.41. The van der Waals surface area contributed by atoms with E-state index in [1.165, 1.54) is 28.6 Å². The Morgan fingerprint density at radius 2 is 1.59 bits per heavy atom. The smallest absolute Gasteiger partial charge is 0.416 e. The normalized spacial score (nSPS) is 15.7. The van der Waals surface area contributed by atoms with Crippen LogP contribution in [0.4, 0.5) is 29.5 Å². The summed E-state index contributed by atoms with van der Waals surface area (Å²) < 4.78 is 79.5. The van der Waals surface area contributed by atoms with Gasteiger partial charge in [-0.1, -0.05) is 12.1 Å². The molecule has 2 heterocycles. The van der Waals surface area contributed by atoms with Gasteiger partial charge in [0.25, 0.3) is 5.91 Å². The van der Waals surface area contributed by atoms with Gasteiger partial charge in [0, 0.05) is 56.6 Å². The number of sulfonamides is 1. The minimum Gasteiger partial charge on any atom is -0.474 e. The van der Waals surface area contributed by atoms with Gasteiger partial charge in [0.15, 0.2) is 0 Å². The van der Waals surface area contributed by atoms with Crippen LogP contribution in [-0.2, 0) is 27.5 Å². The highest BCUT2D eigenvalue weighted by Gasteiger charge is 2.35. The number of aromatic nitrogens is 1. The number of benzene rings is 2.